The lowest BCUT2D eigenvalue weighted by Crippen LogP contribution is -2.10. The molecular formula is C13H14N2O2P+. The van der Waals surface area contributed by atoms with E-state index >= 15 is 0 Å². The molecule has 0 amide bonds. The van der Waals surface area contributed by atoms with Crippen molar-refractivity contribution >= 4 is 19.2 Å². The fourth-order valence-electron chi connectivity index (χ4n) is 1.86. The zero-order chi connectivity index (χ0) is 12.6. The topological polar surface area (TPSA) is 56.5 Å². The molecule has 1 heterocycles. The number of hydrogen-bond acceptors (Lipinski definition) is 4. The van der Waals surface area contributed by atoms with Gasteiger partial charge in [0.25, 0.3) is 0 Å². The molecule has 1 aliphatic heterocycles. The molecule has 0 saturated carbocycles. The van der Waals surface area contributed by atoms with Crippen LogP contribution in [0.4, 0.5) is 11.4 Å². The van der Waals surface area contributed by atoms with Crippen molar-refractivity contribution < 1.29 is 9.05 Å². The van der Waals surface area contributed by atoms with Crippen molar-refractivity contribution in [2.75, 3.05) is 17.5 Å². The van der Waals surface area contributed by atoms with Gasteiger partial charge in [-0.25, -0.2) is 0 Å². The minimum absolute atomic E-state index is 0.611. The molecule has 92 valence electrons. The molecule has 0 radical (unpaired) electrons. The van der Waals surface area contributed by atoms with E-state index in [0.29, 0.717) is 11.4 Å². The molecule has 18 heavy (non-hydrogen) atoms. The molecule has 5 heteroatoms. The number of fused-ring (bicyclic) bond motifs is 1. The molecule has 0 fully saturated rings. The zero-order valence-corrected chi connectivity index (χ0v) is 10.9. The SMILES string of the molecule is C[P+]1(Oc2ccccc2N)Nc2ccccc2O1. The summed E-state index contributed by atoms with van der Waals surface area (Å²) in [5.41, 5.74) is 7.44. The lowest BCUT2D eigenvalue weighted by molar-refractivity contribution is 0.488. The first-order valence-electron chi connectivity index (χ1n) is 5.64. The average molecular weight is 261 g/mol. The maximum absolute atomic E-state index is 5.93. The van der Waals surface area contributed by atoms with E-state index in [1.807, 2.05) is 55.2 Å². The fraction of sp³-hybridized carbons (Fsp3) is 0.0769. The summed E-state index contributed by atoms with van der Waals surface area (Å²) in [6, 6.07) is 15.2. The summed E-state index contributed by atoms with van der Waals surface area (Å²) in [7, 11) is -2.18. The Morgan fingerprint density at radius 3 is 2.61 bits per heavy atom. The highest BCUT2D eigenvalue weighted by Gasteiger charge is 2.46. The number of anilines is 2. The van der Waals surface area contributed by atoms with Gasteiger partial charge in [0.05, 0.1) is 5.69 Å². The second-order valence-electron chi connectivity index (χ2n) is 4.17. The van der Waals surface area contributed by atoms with Crippen molar-refractivity contribution in [3.8, 4) is 11.5 Å². The Bertz CT molecular complexity index is 564. The van der Waals surface area contributed by atoms with Crippen LogP contribution in [-0.2, 0) is 0 Å². The van der Waals surface area contributed by atoms with E-state index in [1.54, 1.807) is 0 Å². The molecule has 0 spiro atoms. The molecule has 1 atom stereocenters. The number of para-hydroxylation sites is 4. The van der Waals surface area contributed by atoms with Gasteiger partial charge in [-0.3, -0.25) is 9.05 Å². The average Bonchev–Trinajstić information content (AvgIpc) is 2.68. The Hall–Kier alpha value is -1.93. The van der Waals surface area contributed by atoms with Crippen LogP contribution in [0.1, 0.15) is 0 Å². The first-order chi connectivity index (χ1) is 8.66. The van der Waals surface area contributed by atoms with Gasteiger partial charge in [-0.05, 0) is 24.3 Å². The quantitative estimate of drug-likeness (QED) is 0.641. The standard InChI is InChI=1S/C13H14N2O2P/c1-18(16-12-8-4-2-6-10(12)14)15-11-7-3-5-9-13(11)17-18/h2-9,15H,14H2,1H3/q+1. The number of nitrogens with two attached hydrogens (primary N) is 1. The molecule has 1 unspecified atom stereocenters. The van der Waals surface area contributed by atoms with E-state index < -0.39 is 7.87 Å². The minimum atomic E-state index is -2.18. The van der Waals surface area contributed by atoms with Crippen LogP contribution in [0.5, 0.6) is 11.5 Å². The summed E-state index contributed by atoms with van der Waals surface area (Å²) in [6.07, 6.45) is 0. The Morgan fingerprint density at radius 1 is 1.11 bits per heavy atom. The summed E-state index contributed by atoms with van der Waals surface area (Å²) in [5, 5.41) is 3.30. The number of hydrogen-bond donors (Lipinski definition) is 2. The predicted molar refractivity (Wildman–Crippen MR) is 75.0 cm³/mol. The second kappa shape index (κ2) is 4.07. The molecule has 3 N–H and O–H groups in total. The van der Waals surface area contributed by atoms with Crippen molar-refractivity contribution in [1.82, 2.24) is 0 Å². The molecule has 0 aromatic heterocycles. The van der Waals surface area contributed by atoms with Gasteiger partial charge in [0.1, 0.15) is 12.4 Å². The number of benzene rings is 2. The highest BCUT2D eigenvalue weighted by Crippen LogP contribution is 2.63. The second-order valence-corrected chi connectivity index (χ2v) is 6.45. The van der Waals surface area contributed by atoms with Crippen molar-refractivity contribution in [2.45, 2.75) is 0 Å². The first-order valence-corrected chi connectivity index (χ1v) is 7.71. The van der Waals surface area contributed by atoms with Gasteiger partial charge in [0.2, 0.25) is 11.5 Å². The third kappa shape index (κ3) is 1.95. The van der Waals surface area contributed by atoms with Crippen LogP contribution < -0.4 is 19.9 Å². The fourth-order valence-corrected chi connectivity index (χ4v) is 3.69. The van der Waals surface area contributed by atoms with Gasteiger partial charge in [0, 0.05) is 0 Å². The summed E-state index contributed by atoms with van der Waals surface area (Å²) in [5.74, 6) is 1.47. The monoisotopic (exact) mass is 261 g/mol. The number of rotatable bonds is 2. The van der Waals surface area contributed by atoms with Crippen molar-refractivity contribution in [2.24, 2.45) is 0 Å². The summed E-state index contributed by atoms with van der Waals surface area (Å²) < 4.78 is 11.8. The van der Waals surface area contributed by atoms with Crippen LogP contribution in [0, 0.1) is 0 Å². The first kappa shape index (κ1) is 11.2. The van der Waals surface area contributed by atoms with Gasteiger partial charge in [-0.1, -0.05) is 24.3 Å². The van der Waals surface area contributed by atoms with Gasteiger partial charge in [0.15, 0.2) is 0 Å². The molecule has 2 aromatic rings. The highest BCUT2D eigenvalue weighted by molar-refractivity contribution is 7.68. The van der Waals surface area contributed by atoms with Crippen LogP contribution >= 0.6 is 7.87 Å². The Labute approximate surface area is 106 Å². The summed E-state index contributed by atoms with van der Waals surface area (Å²) in [6.45, 7) is 1.93. The molecule has 0 aliphatic carbocycles. The third-order valence-electron chi connectivity index (χ3n) is 2.67. The van der Waals surface area contributed by atoms with E-state index in [4.69, 9.17) is 14.8 Å². The zero-order valence-electron chi connectivity index (χ0n) is 9.96. The smallest absolute Gasteiger partial charge is 0.396 e. The molecule has 2 aromatic carbocycles. The van der Waals surface area contributed by atoms with Gasteiger partial charge in [-0.2, -0.15) is 5.09 Å². The van der Waals surface area contributed by atoms with Crippen molar-refractivity contribution in [3.05, 3.63) is 48.5 Å². The maximum atomic E-state index is 5.93. The number of nitrogen functional groups attached to an aromatic ring is 1. The lowest BCUT2D eigenvalue weighted by Gasteiger charge is -2.14. The highest BCUT2D eigenvalue weighted by atomic mass is 31.2. The van der Waals surface area contributed by atoms with E-state index in [1.165, 1.54) is 0 Å². The number of nitrogens with one attached hydrogen (secondary N) is 1. The molecule has 3 rings (SSSR count). The molecule has 4 nitrogen and oxygen atoms in total. The summed E-state index contributed by atoms with van der Waals surface area (Å²) >= 11 is 0. The van der Waals surface area contributed by atoms with E-state index in [0.717, 1.165) is 11.4 Å². The van der Waals surface area contributed by atoms with Gasteiger partial charge in [-0.15, -0.1) is 0 Å². The van der Waals surface area contributed by atoms with E-state index in [-0.39, 0.29) is 0 Å². The predicted octanol–water partition coefficient (Wildman–Crippen LogP) is 3.54. The van der Waals surface area contributed by atoms with E-state index in [2.05, 4.69) is 5.09 Å². The van der Waals surface area contributed by atoms with Crippen LogP contribution in [0.15, 0.2) is 48.5 Å². The van der Waals surface area contributed by atoms with Gasteiger partial charge < -0.3 is 5.73 Å². The summed E-state index contributed by atoms with van der Waals surface area (Å²) in [4.78, 5) is 0. The molecule has 0 saturated heterocycles. The van der Waals surface area contributed by atoms with Crippen LogP contribution in [0.25, 0.3) is 0 Å². The Kier molecular flexibility index (Phi) is 2.53. The van der Waals surface area contributed by atoms with Crippen LogP contribution in [-0.4, -0.2) is 6.66 Å². The normalized spacial score (nSPS) is 20.7. The van der Waals surface area contributed by atoms with Crippen LogP contribution in [0.3, 0.4) is 0 Å². The van der Waals surface area contributed by atoms with E-state index in [9.17, 15) is 0 Å². The van der Waals surface area contributed by atoms with Crippen molar-refractivity contribution in [3.63, 3.8) is 0 Å². The third-order valence-corrected chi connectivity index (χ3v) is 4.41. The molecular weight excluding hydrogens is 247 g/mol. The van der Waals surface area contributed by atoms with Crippen LogP contribution in [0.2, 0.25) is 0 Å². The maximum Gasteiger partial charge on any atom is 0.455 e. The molecule has 0 bridgehead atoms. The Balaban J connectivity index is 1.85. The minimum Gasteiger partial charge on any atom is -0.396 e. The largest absolute Gasteiger partial charge is 0.455 e. The molecule has 1 aliphatic rings. The Morgan fingerprint density at radius 2 is 1.83 bits per heavy atom. The lowest BCUT2D eigenvalue weighted by atomic mass is 10.3. The van der Waals surface area contributed by atoms with Crippen molar-refractivity contribution in [1.29, 1.82) is 0 Å². The van der Waals surface area contributed by atoms with Gasteiger partial charge >= 0.3 is 7.87 Å².